The van der Waals surface area contributed by atoms with Gasteiger partial charge >= 0.3 is 0 Å². The van der Waals surface area contributed by atoms with E-state index in [0.717, 1.165) is 11.3 Å². The molecule has 0 aliphatic carbocycles. The van der Waals surface area contributed by atoms with Crippen LogP contribution in [0.4, 0.5) is 0 Å². The zero-order valence-electron chi connectivity index (χ0n) is 7.09. The summed E-state index contributed by atoms with van der Waals surface area (Å²) in [6, 6.07) is 6.39. The highest BCUT2D eigenvalue weighted by Crippen LogP contribution is 2.16. The van der Waals surface area contributed by atoms with E-state index in [-0.39, 0.29) is 0 Å². The predicted octanol–water partition coefficient (Wildman–Crippen LogP) is 3.24. The van der Waals surface area contributed by atoms with Crippen LogP contribution in [0.3, 0.4) is 0 Å². The summed E-state index contributed by atoms with van der Waals surface area (Å²) < 4.78 is 0. The monoisotopic (exact) mass is 166 g/mol. The van der Waals surface area contributed by atoms with Gasteiger partial charge in [0.25, 0.3) is 0 Å². The fourth-order valence-electron chi connectivity index (χ4n) is 1.18. The molecule has 0 heterocycles. The van der Waals surface area contributed by atoms with Crippen LogP contribution in [0, 0.1) is 6.92 Å². The van der Waals surface area contributed by atoms with E-state index >= 15 is 0 Å². The SMILES string of the molecule is CCCc1cc(C)ccc1S. The van der Waals surface area contributed by atoms with Gasteiger partial charge < -0.3 is 0 Å². The zero-order chi connectivity index (χ0) is 8.27. The van der Waals surface area contributed by atoms with Crippen molar-refractivity contribution in [1.29, 1.82) is 0 Å². The normalized spacial score (nSPS) is 10.1. The summed E-state index contributed by atoms with van der Waals surface area (Å²) >= 11 is 4.38. The van der Waals surface area contributed by atoms with Crippen molar-refractivity contribution in [2.45, 2.75) is 31.6 Å². The quantitative estimate of drug-likeness (QED) is 0.641. The largest absolute Gasteiger partial charge is 0.143 e. The third kappa shape index (κ3) is 2.26. The third-order valence-electron chi connectivity index (χ3n) is 1.75. The lowest BCUT2D eigenvalue weighted by molar-refractivity contribution is 0.899. The molecule has 0 amide bonds. The van der Waals surface area contributed by atoms with Gasteiger partial charge in [0.05, 0.1) is 0 Å². The highest BCUT2D eigenvalue weighted by atomic mass is 32.1. The van der Waals surface area contributed by atoms with Crippen molar-refractivity contribution in [2.24, 2.45) is 0 Å². The summed E-state index contributed by atoms with van der Waals surface area (Å²) in [6.07, 6.45) is 2.33. The van der Waals surface area contributed by atoms with E-state index in [9.17, 15) is 0 Å². The Morgan fingerprint density at radius 3 is 2.73 bits per heavy atom. The lowest BCUT2D eigenvalue weighted by atomic mass is 10.1. The maximum atomic E-state index is 4.38. The molecule has 0 saturated carbocycles. The van der Waals surface area contributed by atoms with Gasteiger partial charge in [0, 0.05) is 4.90 Å². The Balaban J connectivity index is 2.93. The summed E-state index contributed by atoms with van der Waals surface area (Å²) in [5.74, 6) is 0. The summed E-state index contributed by atoms with van der Waals surface area (Å²) in [6.45, 7) is 4.31. The van der Waals surface area contributed by atoms with Crippen LogP contribution < -0.4 is 0 Å². The van der Waals surface area contributed by atoms with Crippen LogP contribution in [-0.4, -0.2) is 0 Å². The van der Waals surface area contributed by atoms with Gasteiger partial charge in [0.2, 0.25) is 0 Å². The summed E-state index contributed by atoms with van der Waals surface area (Å²) in [5, 5.41) is 0. The molecule has 0 bridgehead atoms. The lowest BCUT2D eigenvalue weighted by Crippen LogP contribution is -1.86. The van der Waals surface area contributed by atoms with Crippen molar-refractivity contribution >= 4 is 12.6 Å². The number of benzene rings is 1. The van der Waals surface area contributed by atoms with Gasteiger partial charge in [0.15, 0.2) is 0 Å². The molecule has 1 heteroatoms. The first-order chi connectivity index (χ1) is 5.24. The molecule has 0 fully saturated rings. The molecule has 1 aromatic carbocycles. The fourth-order valence-corrected chi connectivity index (χ4v) is 1.43. The van der Waals surface area contributed by atoms with Crippen molar-refractivity contribution in [3.63, 3.8) is 0 Å². The van der Waals surface area contributed by atoms with E-state index < -0.39 is 0 Å². The second-order valence-corrected chi connectivity index (χ2v) is 3.36. The highest BCUT2D eigenvalue weighted by Gasteiger charge is 1.96. The molecule has 60 valence electrons. The molecule has 0 radical (unpaired) electrons. The molecule has 0 nitrogen and oxygen atoms in total. The number of hydrogen-bond acceptors (Lipinski definition) is 1. The van der Waals surface area contributed by atoms with Crippen LogP contribution in [0.5, 0.6) is 0 Å². The molecule has 0 spiro atoms. The highest BCUT2D eigenvalue weighted by molar-refractivity contribution is 7.80. The minimum Gasteiger partial charge on any atom is -0.143 e. The van der Waals surface area contributed by atoms with Crippen LogP contribution in [0.15, 0.2) is 23.1 Å². The molecule has 0 aromatic heterocycles. The van der Waals surface area contributed by atoms with Gasteiger partial charge in [-0.25, -0.2) is 0 Å². The van der Waals surface area contributed by atoms with Crippen LogP contribution in [0.1, 0.15) is 24.5 Å². The van der Waals surface area contributed by atoms with Crippen molar-refractivity contribution in [3.05, 3.63) is 29.3 Å². The molecular formula is C10H14S. The molecule has 1 rings (SSSR count). The van der Waals surface area contributed by atoms with Gasteiger partial charge in [-0.1, -0.05) is 31.0 Å². The predicted molar refractivity (Wildman–Crippen MR) is 52.4 cm³/mol. The summed E-state index contributed by atoms with van der Waals surface area (Å²) in [5.41, 5.74) is 2.70. The molecule has 0 aliphatic rings. The van der Waals surface area contributed by atoms with E-state index in [2.05, 4.69) is 44.7 Å². The molecule has 0 atom stereocenters. The first-order valence-electron chi connectivity index (χ1n) is 4.02. The van der Waals surface area contributed by atoms with Crippen molar-refractivity contribution in [1.82, 2.24) is 0 Å². The van der Waals surface area contributed by atoms with Gasteiger partial charge in [-0.2, -0.15) is 0 Å². The molecule has 0 N–H and O–H groups in total. The minimum absolute atomic E-state index is 1.12. The number of hydrogen-bond donors (Lipinski definition) is 1. The maximum absolute atomic E-state index is 4.38. The Labute approximate surface area is 74.0 Å². The second-order valence-electron chi connectivity index (χ2n) is 2.88. The molecule has 1 aromatic rings. The molecule has 0 saturated heterocycles. The van der Waals surface area contributed by atoms with Gasteiger partial charge in [0.1, 0.15) is 0 Å². The Hall–Kier alpha value is -0.430. The van der Waals surface area contributed by atoms with E-state index in [0.29, 0.717) is 0 Å². The van der Waals surface area contributed by atoms with Crippen LogP contribution >= 0.6 is 12.6 Å². The van der Waals surface area contributed by atoms with E-state index in [1.807, 2.05) is 0 Å². The second kappa shape index (κ2) is 3.82. The van der Waals surface area contributed by atoms with Crippen LogP contribution in [0.2, 0.25) is 0 Å². The Kier molecular flexibility index (Phi) is 3.01. The fraction of sp³-hybridized carbons (Fsp3) is 0.400. The van der Waals surface area contributed by atoms with E-state index in [4.69, 9.17) is 0 Å². The number of aryl methyl sites for hydroxylation is 2. The van der Waals surface area contributed by atoms with Gasteiger partial charge in [-0.3, -0.25) is 0 Å². The Morgan fingerprint density at radius 2 is 2.09 bits per heavy atom. The average molecular weight is 166 g/mol. The third-order valence-corrected chi connectivity index (χ3v) is 2.19. The summed E-state index contributed by atoms with van der Waals surface area (Å²) in [7, 11) is 0. The lowest BCUT2D eigenvalue weighted by Gasteiger charge is -2.03. The van der Waals surface area contributed by atoms with Crippen molar-refractivity contribution < 1.29 is 0 Å². The van der Waals surface area contributed by atoms with Crippen molar-refractivity contribution in [2.75, 3.05) is 0 Å². The maximum Gasteiger partial charge on any atom is 0.00722 e. The van der Waals surface area contributed by atoms with E-state index in [1.165, 1.54) is 17.5 Å². The Morgan fingerprint density at radius 1 is 1.36 bits per heavy atom. The summed E-state index contributed by atoms with van der Waals surface area (Å²) in [4.78, 5) is 1.12. The minimum atomic E-state index is 1.12. The van der Waals surface area contributed by atoms with Gasteiger partial charge in [-0.15, -0.1) is 12.6 Å². The smallest absolute Gasteiger partial charge is 0.00722 e. The van der Waals surface area contributed by atoms with Crippen LogP contribution in [-0.2, 0) is 6.42 Å². The topological polar surface area (TPSA) is 0 Å². The number of rotatable bonds is 2. The molecule has 0 unspecified atom stereocenters. The molecule has 11 heavy (non-hydrogen) atoms. The molecule has 0 aliphatic heterocycles. The Bertz CT molecular complexity index is 241. The first-order valence-corrected chi connectivity index (χ1v) is 4.47. The van der Waals surface area contributed by atoms with Gasteiger partial charge in [-0.05, 0) is 25.0 Å². The standard InChI is InChI=1S/C10H14S/c1-3-4-9-7-8(2)5-6-10(9)11/h5-7,11H,3-4H2,1-2H3. The molecular weight excluding hydrogens is 152 g/mol. The average Bonchev–Trinajstić information content (AvgIpc) is 1.98. The first kappa shape index (κ1) is 8.66. The van der Waals surface area contributed by atoms with E-state index in [1.54, 1.807) is 0 Å². The van der Waals surface area contributed by atoms with Crippen molar-refractivity contribution in [3.8, 4) is 0 Å². The zero-order valence-corrected chi connectivity index (χ0v) is 7.99. The van der Waals surface area contributed by atoms with Crippen LogP contribution in [0.25, 0.3) is 0 Å². The number of thiol groups is 1.